The first kappa shape index (κ1) is 5.23. The molecular formula is C6H8O3. The summed E-state index contributed by atoms with van der Waals surface area (Å²) in [4.78, 5) is 10.6. The molecule has 2 rings (SSSR count). The van der Waals surface area contributed by atoms with Crippen LogP contribution in [0.3, 0.4) is 0 Å². The predicted molar refractivity (Wildman–Crippen MR) is 28.6 cm³/mol. The maximum atomic E-state index is 10.6. The van der Waals surface area contributed by atoms with Gasteiger partial charge in [0.15, 0.2) is 0 Å². The van der Waals surface area contributed by atoms with E-state index in [0.717, 1.165) is 13.0 Å². The lowest BCUT2D eigenvalue weighted by Gasteiger charge is -2.03. The van der Waals surface area contributed by atoms with E-state index in [2.05, 4.69) is 0 Å². The zero-order valence-corrected chi connectivity index (χ0v) is 5.00. The molecule has 2 heterocycles. The van der Waals surface area contributed by atoms with Crippen molar-refractivity contribution in [3.8, 4) is 0 Å². The van der Waals surface area contributed by atoms with Crippen LogP contribution in [-0.4, -0.2) is 18.9 Å². The zero-order chi connectivity index (χ0) is 6.27. The number of fused-ring (bicyclic) bond motifs is 1. The number of carbonyl (C=O) groups excluding carboxylic acids is 1. The lowest BCUT2D eigenvalue weighted by atomic mass is 10.1. The third-order valence-electron chi connectivity index (χ3n) is 1.83. The molecule has 2 fully saturated rings. The van der Waals surface area contributed by atoms with Gasteiger partial charge in [0.2, 0.25) is 6.29 Å². The summed E-state index contributed by atoms with van der Waals surface area (Å²) >= 11 is 0. The summed E-state index contributed by atoms with van der Waals surface area (Å²) in [6, 6.07) is 0. The molecule has 0 aromatic carbocycles. The van der Waals surface area contributed by atoms with Gasteiger partial charge in [0.25, 0.3) is 0 Å². The van der Waals surface area contributed by atoms with Crippen LogP contribution in [0.25, 0.3) is 0 Å². The van der Waals surface area contributed by atoms with Gasteiger partial charge in [-0.05, 0) is 6.42 Å². The smallest absolute Gasteiger partial charge is 0.308 e. The fourth-order valence-electron chi connectivity index (χ4n) is 1.33. The minimum atomic E-state index is -0.197. The van der Waals surface area contributed by atoms with Gasteiger partial charge in [-0.2, -0.15) is 0 Å². The van der Waals surface area contributed by atoms with Crippen LogP contribution in [0.4, 0.5) is 0 Å². The molecule has 2 aliphatic heterocycles. The molecule has 0 saturated carbocycles. The van der Waals surface area contributed by atoms with Crippen LogP contribution in [0.5, 0.6) is 0 Å². The molecule has 0 aromatic rings. The minimum Gasteiger partial charge on any atom is -0.435 e. The number of hydrogen-bond donors (Lipinski definition) is 0. The van der Waals surface area contributed by atoms with Crippen LogP contribution in [0.15, 0.2) is 0 Å². The van der Waals surface area contributed by atoms with E-state index in [4.69, 9.17) is 9.47 Å². The Kier molecular flexibility index (Phi) is 0.990. The maximum Gasteiger partial charge on any atom is 0.308 e. The standard InChI is InChI=1S/C6H8O3/c7-5-3-4-1-2-8-6(4)9-5/h4,6H,1-3H2/t4-,6-/m0/s1. The van der Waals surface area contributed by atoms with Gasteiger partial charge >= 0.3 is 5.97 Å². The highest BCUT2D eigenvalue weighted by Crippen LogP contribution is 2.31. The number of rotatable bonds is 0. The predicted octanol–water partition coefficient (Wildman–Crippen LogP) is 0.296. The molecule has 50 valence electrons. The first-order valence-corrected chi connectivity index (χ1v) is 3.17. The van der Waals surface area contributed by atoms with Gasteiger partial charge in [-0.15, -0.1) is 0 Å². The molecule has 0 radical (unpaired) electrons. The second-order valence-corrected chi connectivity index (χ2v) is 2.48. The van der Waals surface area contributed by atoms with E-state index in [-0.39, 0.29) is 12.3 Å². The maximum absolute atomic E-state index is 10.6. The molecule has 0 spiro atoms. The quantitative estimate of drug-likeness (QED) is 0.440. The van der Waals surface area contributed by atoms with Crippen LogP contribution in [0, 0.1) is 5.92 Å². The van der Waals surface area contributed by atoms with Gasteiger partial charge < -0.3 is 9.47 Å². The molecular weight excluding hydrogens is 120 g/mol. The normalized spacial score (nSPS) is 40.7. The molecule has 2 aliphatic rings. The Morgan fingerprint density at radius 3 is 3.22 bits per heavy atom. The number of esters is 1. The van der Waals surface area contributed by atoms with Gasteiger partial charge in [-0.1, -0.05) is 0 Å². The SMILES string of the molecule is O=C1C[C@@H]2CCO[C@H]2O1. The summed E-state index contributed by atoms with van der Waals surface area (Å²) in [7, 11) is 0. The first-order valence-electron chi connectivity index (χ1n) is 3.17. The number of carbonyl (C=O) groups is 1. The van der Waals surface area contributed by atoms with E-state index in [9.17, 15) is 4.79 Å². The molecule has 2 atom stereocenters. The average molecular weight is 128 g/mol. The molecule has 3 nitrogen and oxygen atoms in total. The largest absolute Gasteiger partial charge is 0.435 e. The van der Waals surface area contributed by atoms with Gasteiger partial charge in [0.1, 0.15) is 0 Å². The molecule has 0 aromatic heterocycles. The zero-order valence-electron chi connectivity index (χ0n) is 5.00. The van der Waals surface area contributed by atoms with Crippen LogP contribution >= 0.6 is 0 Å². The van der Waals surface area contributed by atoms with E-state index in [1.54, 1.807) is 0 Å². The van der Waals surface area contributed by atoms with Crippen LogP contribution in [-0.2, 0) is 14.3 Å². The van der Waals surface area contributed by atoms with Crippen molar-refractivity contribution in [2.75, 3.05) is 6.61 Å². The highest BCUT2D eigenvalue weighted by Gasteiger charge is 2.39. The molecule has 9 heavy (non-hydrogen) atoms. The molecule has 0 aliphatic carbocycles. The summed E-state index contributed by atoms with van der Waals surface area (Å²) in [6.45, 7) is 0.753. The lowest BCUT2D eigenvalue weighted by molar-refractivity contribution is -0.158. The third kappa shape index (κ3) is 0.721. The van der Waals surface area contributed by atoms with E-state index in [1.165, 1.54) is 0 Å². The van der Waals surface area contributed by atoms with Gasteiger partial charge in [0, 0.05) is 5.92 Å². The summed E-state index contributed by atoms with van der Waals surface area (Å²) in [6.07, 6.45) is 1.35. The van der Waals surface area contributed by atoms with E-state index in [1.807, 2.05) is 0 Å². The van der Waals surface area contributed by atoms with Crippen molar-refractivity contribution in [1.82, 2.24) is 0 Å². The molecule has 0 N–H and O–H groups in total. The molecule has 0 bridgehead atoms. The monoisotopic (exact) mass is 128 g/mol. The topological polar surface area (TPSA) is 35.5 Å². The Balaban J connectivity index is 2.09. The molecule has 3 heteroatoms. The summed E-state index contributed by atoms with van der Waals surface area (Å²) in [5, 5.41) is 0. The second-order valence-electron chi connectivity index (χ2n) is 2.48. The van der Waals surface area contributed by atoms with Crippen molar-refractivity contribution in [1.29, 1.82) is 0 Å². The van der Waals surface area contributed by atoms with Crippen molar-refractivity contribution in [3.63, 3.8) is 0 Å². The fourth-order valence-corrected chi connectivity index (χ4v) is 1.33. The summed E-state index contributed by atoms with van der Waals surface area (Å²) < 4.78 is 9.93. The van der Waals surface area contributed by atoms with E-state index in [0.29, 0.717) is 12.3 Å². The van der Waals surface area contributed by atoms with Crippen molar-refractivity contribution in [2.24, 2.45) is 5.92 Å². The van der Waals surface area contributed by atoms with Crippen molar-refractivity contribution < 1.29 is 14.3 Å². The van der Waals surface area contributed by atoms with Crippen molar-refractivity contribution in [2.45, 2.75) is 19.1 Å². The fraction of sp³-hybridized carbons (Fsp3) is 0.833. The van der Waals surface area contributed by atoms with Crippen LogP contribution in [0.2, 0.25) is 0 Å². The summed E-state index contributed by atoms with van der Waals surface area (Å²) in [5.41, 5.74) is 0. The Morgan fingerprint density at radius 1 is 1.56 bits per heavy atom. The Bertz CT molecular complexity index is 129. The van der Waals surface area contributed by atoms with Crippen LogP contribution < -0.4 is 0 Å². The Labute approximate surface area is 52.9 Å². The second kappa shape index (κ2) is 1.70. The van der Waals surface area contributed by atoms with Gasteiger partial charge in [0.05, 0.1) is 13.0 Å². The molecule has 0 amide bonds. The average Bonchev–Trinajstić information content (AvgIpc) is 2.22. The minimum absolute atomic E-state index is 0.107. The highest BCUT2D eigenvalue weighted by molar-refractivity contribution is 5.71. The molecule has 0 unspecified atom stereocenters. The van der Waals surface area contributed by atoms with Crippen LogP contribution in [0.1, 0.15) is 12.8 Å². The first-order chi connectivity index (χ1) is 4.36. The number of ether oxygens (including phenoxy) is 2. The lowest BCUT2D eigenvalue weighted by Crippen LogP contribution is -2.09. The highest BCUT2D eigenvalue weighted by atomic mass is 16.7. The van der Waals surface area contributed by atoms with Crippen molar-refractivity contribution in [3.05, 3.63) is 0 Å². The van der Waals surface area contributed by atoms with Gasteiger partial charge in [-0.3, -0.25) is 4.79 Å². The number of hydrogen-bond acceptors (Lipinski definition) is 3. The third-order valence-corrected chi connectivity index (χ3v) is 1.83. The summed E-state index contributed by atoms with van der Waals surface area (Å²) in [5.74, 6) is 0.252. The Hall–Kier alpha value is -0.570. The van der Waals surface area contributed by atoms with Gasteiger partial charge in [-0.25, -0.2) is 0 Å². The van der Waals surface area contributed by atoms with Crippen molar-refractivity contribution >= 4 is 5.97 Å². The molecule has 2 saturated heterocycles. The van der Waals surface area contributed by atoms with E-state index >= 15 is 0 Å². The van der Waals surface area contributed by atoms with E-state index < -0.39 is 0 Å². The Morgan fingerprint density at radius 2 is 2.44 bits per heavy atom.